The van der Waals surface area contributed by atoms with Crippen LogP contribution < -0.4 is 20.1 Å². The average Bonchev–Trinajstić information content (AvgIpc) is 2.81. The molecule has 0 aliphatic carbocycles. The van der Waals surface area contributed by atoms with Gasteiger partial charge in [0.05, 0.1) is 7.11 Å². The topological polar surface area (TPSA) is 59.6 Å². The predicted octanol–water partition coefficient (Wildman–Crippen LogP) is 1.24. The van der Waals surface area contributed by atoms with E-state index in [0.717, 1.165) is 23.5 Å². The lowest BCUT2D eigenvalue weighted by molar-refractivity contribution is -0.120. The first-order chi connectivity index (χ1) is 9.63. The molecule has 1 heterocycles. The van der Waals surface area contributed by atoms with Crippen molar-refractivity contribution in [1.29, 1.82) is 0 Å². The third kappa shape index (κ3) is 3.42. The lowest BCUT2D eigenvalue weighted by atomic mass is 10.1. The van der Waals surface area contributed by atoms with Gasteiger partial charge in [0.15, 0.2) is 0 Å². The molecule has 0 fully saturated rings. The molecule has 1 aliphatic rings. The van der Waals surface area contributed by atoms with Gasteiger partial charge in [-0.1, -0.05) is 0 Å². The van der Waals surface area contributed by atoms with E-state index in [0.29, 0.717) is 19.5 Å². The van der Waals surface area contributed by atoms with Crippen LogP contribution in [0, 0.1) is 0 Å². The second-order valence-corrected chi connectivity index (χ2v) is 5.00. The molecule has 1 unspecified atom stereocenters. The van der Waals surface area contributed by atoms with Crippen LogP contribution >= 0.6 is 0 Å². The Morgan fingerprint density at radius 3 is 3.00 bits per heavy atom. The number of hydrogen-bond acceptors (Lipinski definition) is 4. The number of methoxy groups -OCH3 is 1. The standard InChI is InChI=1S/C15H22N2O3/c1-10-6-11-7-13(19-3)12(8-14(11)20-10)9-17-5-4-15(18)16-2/h7-8,10,17H,4-6,9H2,1-3H3,(H,16,18). The minimum Gasteiger partial charge on any atom is -0.496 e. The Morgan fingerprint density at radius 1 is 1.50 bits per heavy atom. The number of fused-ring (bicyclic) bond motifs is 1. The lowest BCUT2D eigenvalue weighted by Gasteiger charge is -2.12. The summed E-state index contributed by atoms with van der Waals surface area (Å²) in [5.74, 6) is 1.85. The van der Waals surface area contributed by atoms with Crippen molar-refractivity contribution in [2.24, 2.45) is 0 Å². The van der Waals surface area contributed by atoms with Crippen LogP contribution in [0.4, 0.5) is 0 Å². The van der Waals surface area contributed by atoms with E-state index in [4.69, 9.17) is 9.47 Å². The van der Waals surface area contributed by atoms with E-state index in [9.17, 15) is 4.79 Å². The van der Waals surface area contributed by atoms with Gasteiger partial charge in [-0.25, -0.2) is 0 Å². The van der Waals surface area contributed by atoms with Gasteiger partial charge in [0.2, 0.25) is 5.91 Å². The van der Waals surface area contributed by atoms with Gasteiger partial charge in [-0.15, -0.1) is 0 Å². The number of hydrogen-bond donors (Lipinski definition) is 2. The quantitative estimate of drug-likeness (QED) is 0.769. The normalized spacial score (nSPS) is 16.4. The Morgan fingerprint density at radius 2 is 2.30 bits per heavy atom. The van der Waals surface area contributed by atoms with Crippen LogP contribution in [-0.2, 0) is 17.8 Å². The summed E-state index contributed by atoms with van der Waals surface area (Å²) in [4.78, 5) is 11.1. The molecule has 1 aromatic rings. The Labute approximate surface area is 119 Å². The van der Waals surface area contributed by atoms with Crippen LogP contribution in [0.1, 0.15) is 24.5 Å². The van der Waals surface area contributed by atoms with E-state index in [2.05, 4.69) is 23.6 Å². The van der Waals surface area contributed by atoms with Gasteiger partial charge >= 0.3 is 0 Å². The third-order valence-corrected chi connectivity index (χ3v) is 3.42. The third-order valence-electron chi connectivity index (χ3n) is 3.42. The second kappa shape index (κ2) is 6.61. The van der Waals surface area contributed by atoms with E-state index >= 15 is 0 Å². The zero-order chi connectivity index (χ0) is 14.5. The summed E-state index contributed by atoms with van der Waals surface area (Å²) in [6.07, 6.45) is 1.62. The molecule has 5 heteroatoms. The average molecular weight is 278 g/mol. The maximum atomic E-state index is 11.1. The Kier molecular flexibility index (Phi) is 4.84. The van der Waals surface area contributed by atoms with Crippen LogP contribution in [0.2, 0.25) is 0 Å². The molecule has 0 bridgehead atoms. The molecule has 0 spiro atoms. The highest BCUT2D eigenvalue weighted by molar-refractivity contribution is 5.75. The van der Waals surface area contributed by atoms with Gasteiger partial charge in [-0.3, -0.25) is 4.79 Å². The molecule has 0 saturated carbocycles. The summed E-state index contributed by atoms with van der Waals surface area (Å²) >= 11 is 0. The predicted molar refractivity (Wildman–Crippen MR) is 77.2 cm³/mol. The number of amides is 1. The molecule has 2 rings (SSSR count). The second-order valence-electron chi connectivity index (χ2n) is 5.00. The van der Waals surface area contributed by atoms with Crippen molar-refractivity contribution in [2.75, 3.05) is 20.7 Å². The van der Waals surface area contributed by atoms with Crippen LogP contribution in [0.3, 0.4) is 0 Å². The Hall–Kier alpha value is -1.75. The summed E-state index contributed by atoms with van der Waals surface area (Å²) in [7, 11) is 3.32. The maximum Gasteiger partial charge on any atom is 0.221 e. The highest BCUT2D eigenvalue weighted by atomic mass is 16.5. The summed E-state index contributed by atoms with van der Waals surface area (Å²) in [6, 6.07) is 4.08. The van der Waals surface area contributed by atoms with Crippen molar-refractivity contribution >= 4 is 5.91 Å². The molecule has 1 atom stereocenters. The molecule has 110 valence electrons. The maximum absolute atomic E-state index is 11.1. The number of ether oxygens (including phenoxy) is 2. The summed E-state index contributed by atoms with van der Waals surface area (Å²) in [5.41, 5.74) is 2.25. The summed E-state index contributed by atoms with van der Waals surface area (Å²) in [6.45, 7) is 3.36. The highest BCUT2D eigenvalue weighted by Crippen LogP contribution is 2.34. The Balaban J connectivity index is 1.97. The fraction of sp³-hybridized carbons (Fsp3) is 0.533. The first-order valence-corrected chi connectivity index (χ1v) is 6.91. The molecular weight excluding hydrogens is 256 g/mol. The minimum atomic E-state index is 0.0376. The first-order valence-electron chi connectivity index (χ1n) is 6.91. The number of nitrogens with one attached hydrogen (secondary N) is 2. The van der Waals surface area contributed by atoms with E-state index < -0.39 is 0 Å². The number of carbonyl (C=O) groups is 1. The largest absolute Gasteiger partial charge is 0.496 e. The molecule has 0 saturated heterocycles. The van der Waals surface area contributed by atoms with E-state index in [1.165, 1.54) is 5.56 Å². The zero-order valence-corrected chi connectivity index (χ0v) is 12.3. The lowest BCUT2D eigenvalue weighted by Crippen LogP contribution is -2.24. The molecule has 0 radical (unpaired) electrons. The van der Waals surface area contributed by atoms with Crippen molar-refractivity contribution in [3.05, 3.63) is 23.3 Å². The van der Waals surface area contributed by atoms with Crippen LogP contribution in [0.25, 0.3) is 0 Å². The molecular formula is C15H22N2O3. The first kappa shape index (κ1) is 14.7. The summed E-state index contributed by atoms with van der Waals surface area (Å²) in [5, 5.41) is 5.85. The van der Waals surface area contributed by atoms with Crippen LogP contribution in [-0.4, -0.2) is 32.7 Å². The number of benzene rings is 1. The fourth-order valence-corrected chi connectivity index (χ4v) is 2.36. The van der Waals surface area contributed by atoms with Crippen molar-refractivity contribution in [3.63, 3.8) is 0 Å². The molecule has 5 nitrogen and oxygen atoms in total. The van der Waals surface area contributed by atoms with Gasteiger partial charge in [-0.2, -0.15) is 0 Å². The summed E-state index contributed by atoms with van der Waals surface area (Å²) < 4.78 is 11.2. The smallest absolute Gasteiger partial charge is 0.221 e. The molecule has 20 heavy (non-hydrogen) atoms. The molecule has 1 aliphatic heterocycles. The van der Waals surface area contributed by atoms with Gasteiger partial charge < -0.3 is 20.1 Å². The number of rotatable bonds is 6. The monoisotopic (exact) mass is 278 g/mol. The van der Waals surface area contributed by atoms with Gasteiger partial charge in [0.25, 0.3) is 0 Å². The fourth-order valence-electron chi connectivity index (χ4n) is 2.36. The van der Waals surface area contributed by atoms with Crippen molar-refractivity contribution < 1.29 is 14.3 Å². The van der Waals surface area contributed by atoms with E-state index in [-0.39, 0.29) is 12.0 Å². The minimum absolute atomic E-state index is 0.0376. The van der Waals surface area contributed by atoms with Gasteiger partial charge in [0.1, 0.15) is 17.6 Å². The zero-order valence-electron chi connectivity index (χ0n) is 12.3. The van der Waals surface area contributed by atoms with E-state index in [1.807, 2.05) is 6.07 Å². The van der Waals surface area contributed by atoms with Crippen LogP contribution in [0.5, 0.6) is 11.5 Å². The molecule has 2 N–H and O–H groups in total. The van der Waals surface area contributed by atoms with Gasteiger partial charge in [0, 0.05) is 44.1 Å². The molecule has 1 amide bonds. The van der Waals surface area contributed by atoms with Crippen molar-refractivity contribution in [1.82, 2.24) is 10.6 Å². The van der Waals surface area contributed by atoms with Crippen molar-refractivity contribution in [3.8, 4) is 11.5 Å². The molecule has 1 aromatic carbocycles. The Bertz CT molecular complexity index is 488. The molecule has 0 aromatic heterocycles. The highest BCUT2D eigenvalue weighted by Gasteiger charge is 2.21. The SMILES string of the molecule is CNC(=O)CCNCc1cc2c(cc1OC)CC(C)O2. The van der Waals surface area contributed by atoms with Crippen molar-refractivity contribution in [2.45, 2.75) is 32.4 Å². The van der Waals surface area contributed by atoms with Crippen LogP contribution in [0.15, 0.2) is 12.1 Å². The van der Waals surface area contributed by atoms with Gasteiger partial charge in [-0.05, 0) is 19.1 Å². The van der Waals surface area contributed by atoms with E-state index in [1.54, 1.807) is 14.2 Å². The number of carbonyl (C=O) groups excluding carboxylic acids is 1.